The molecule has 0 spiro atoms. The van der Waals surface area contributed by atoms with Crippen molar-refractivity contribution in [3.63, 3.8) is 0 Å². The van der Waals surface area contributed by atoms with Crippen molar-refractivity contribution in [2.45, 2.75) is 32.5 Å². The summed E-state index contributed by atoms with van der Waals surface area (Å²) in [5.41, 5.74) is 2.66. The van der Waals surface area contributed by atoms with Gasteiger partial charge in [0.05, 0.1) is 6.54 Å². The van der Waals surface area contributed by atoms with Gasteiger partial charge >= 0.3 is 0 Å². The zero-order valence-corrected chi connectivity index (χ0v) is 16.4. The number of carbonyl (C=O) groups is 2. The number of anilines is 1. The molecule has 0 radical (unpaired) electrons. The summed E-state index contributed by atoms with van der Waals surface area (Å²) in [6.45, 7) is 2.96. The molecule has 1 aliphatic rings. The van der Waals surface area contributed by atoms with E-state index in [0.29, 0.717) is 24.5 Å². The molecular formula is C21H24FN3O4. The first-order chi connectivity index (χ1) is 13.9. The van der Waals surface area contributed by atoms with Crippen LogP contribution in [-0.4, -0.2) is 58.8 Å². The van der Waals surface area contributed by atoms with Crippen molar-refractivity contribution < 1.29 is 23.8 Å². The summed E-state index contributed by atoms with van der Waals surface area (Å²) in [4.78, 5) is 28.2. The van der Waals surface area contributed by atoms with Gasteiger partial charge in [0.15, 0.2) is 6.17 Å². The lowest BCUT2D eigenvalue weighted by Gasteiger charge is -2.34. The molecule has 0 saturated carbocycles. The Kier molecular flexibility index (Phi) is 6.43. The molecule has 0 bridgehead atoms. The number of ether oxygens (including phenoxy) is 1. The van der Waals surface area contributed by atoms with Gasteiger partial charge in [0.2, 0.25) is 11.8 Å². The topological polar surface area (TPSA) is 91.8 Å². The van der Waals surface area contributed by atoms with E-state index in [9.17, 15) is 14.0 Å². The van der Waals surface area contributed by atoms with Gasteiger partial charge in [-0.05, 0) is 47.9 Å². The molecule has 2 amide bonds. The molecule has 7 nitrogen and oxygen atoms in total. The number of alkyl halides is 1. The summed E-state index contributed by atoms with van der Waals surface area (Å²) in [5, 5.41) is 11.6. The molecule has 29 heavy (non-hydrogen) atoms. The predicted octanol–water partition coefficient (Wildman–Crippen LogP) is 2.33. The van der Waals surface area contributed by atoms with Crippen LogP contribution in [0.5, 0.6) is 5.75 Å². The largest absolute Gasteiger partial charge is 0.487 e. The highest BCUT2D eigenvalue weighted by Crippen LogP contribution is 2.29. The number of hydrogen-bond acceptors (Lipinski definition) is 5. The Balaban J connectivity index is 1.70. The minimum Gasteiger partial charge on any atom is -0.487 e. The first-order valence-electron chi connectivity index (χ1n) is 9.41. The summed E-state index contributed by atoms with van der Waals surface area (Å²) < 4.78 is 20.3. The highest BCUT2D eigenvalue weighted by Gasteiger charge is 2.33. The molecule has 3 rings (SSSR count). The third-order valence-corrected chi connectivity index (χ3v) is 4.82. The van der Waals surface area contributed by atoms with E-state index >= 15 is 0 Å². The van der Waals surface area contributed by atoms with Crippen molar-refractivity contribution in [3.05, 3.63) is 42.1 Å². The number of nitrogens with zero attached hydrogens (tertiary/aromatic N) is 2. The molecule has 1 aromatic heterocycles. The molecule has 1 fully saturated rings. The van der Waals surface area contributed by atoms with Gasteiger partial charge in [-0.2, -0.15) is 0 Å². The van der Waals surface area contributed by atoms with Gasteiger partial charge in [0.25, 0.3) is 0 Å². The van der Waals surface area contributed by atoms with Crippen molar-refractivity contribution in [2.24, 2.45) is 0 Å². The van der Waals surface area contributed by atoms with Crippen LogP contribution in [0.2, 0.25) is 0 Å². The maximum Gasteiger partial charge on any atom is 0.248 e. The first-order valence-corrected chi connectivity index (χ1v) is 9.41. The number of rotatable bonds is 5. The van der Waals surface area contributed by atoms with Crippen LogP contribution in [-0.2, 0) is 9.59 Å². The van der Waals surface area contributed by atoms with E-state index in [1.165, 1.54) is 11.8 Å². The predicted molar refractivity (Wildman–Crippen MR) is 106 cm³/mol. The maximum absolute atomic E-state index is 14.5. The Bertz CT molecular complexity index is 905. The van der Waals surface area contributed by atoms with E-state index in [1.54, 1.807) is 18.3 Å². The molecule has 2 aromatic rings. The highest BCUT2D eigenvalue weighted by atomic mass is 19.1. The van der Waals surface area contributed by atoms with Crippen molar-refractivity contribution in [1.82, 2.24) is 9.88 Å². The molecule has 2 N–H and O–H groups in total. The number of aromatic nitrogens is 1. The zero-order chi connectivity index (χ0) is 21.0. The number of nitrogens with one attached hydrogen (secondary N) is 1. The van der Waals surface area contributed by atoms with Gasteiger partial charge < -0.3 is 20.1 Å². The Morgan fingerprint density at radius 1 is 1.31 bits per heavy atom. The van der Waals surface area contributed by atoms with Crippen LogP contribution in [0.3, 0.4) is 0 Å². The minimum atomic E-state index is -1.32. The number of likely N-dealkylation sites (tertiary alicyclic amines) is 1. The number of pyridine rings is 1. The number of aliphatic hydroxyl groups excluding tert-OH is 1. The Morgan fingerprint density at radius 2 is 2.07 bits per heavy atom. The number of benzene rings is 1. The van der Waals surface area contributed by atoms with Gasteiger partial charge in [-0.3, -0.25) is 9.59 Å². The van der Waals surface area contributed by atoms with Crippen LogP contribution in [0, 0.1) is 6.92 Å². The van der Waals surface area contributed by atoms with Crippen LogP contribution in [0.4, 0.5) is 10.2 Å². The van der Waals surface area contributed by atoms with Crippen LogP contribution in [0.15, 0.2) is 36.5 Å². The lowest BCUT2D eigenvalue weighted by Crippen LogP contribution is -2.50. The number of aliphatic hydroxyl groups is 1. The minimum absolute atomic E-state index is 0.0792. The van der Waals surface area contributed by atoms with Crippen LogP contribution >= 0.6 is 0 Å². The Labute approximate surface area is 168 Å². The van der Waals surface area contributed by atoms with Gasteiger partial charge in [-0.1, -0.05) is 6.07 Å². The highest BCUT2D eigenvalue weighted by molar-refractivity contribution is 5.88. The van der Waals surface area contributed by atoms with E-state index in [2.05, 4.69) is 10.3 Å². The molecule has 0 unspecified atom stereocenters. The van der Waals surface area contributed by atoms with E-state index < -0.39 is 24.8 Å². The second-order valence-corrected chi connectivity index (χ2v) is 7.05. The van der Waals surface area contributed by atoms with Crippen LogP contribution in [0.25, 0.3) is 11.1 Å². The van der Waals surface area contributed by atoms with E-state index in [1.807, 2.05) is 25.1 Å². The monoisotopic (exact) mass is 401 g/mol. The molecule has 2 heterocycles. The molecule has 1 aromatic carbocycles. The van der Waals surface area contributed by atoms with E-state index in [4.69, 9.17) is 9.84 Å². The fourth-order valence-corrected chi connectivity index (χ4v) is 3.33. The summed E-state index contributed by atoms with van der Waals surface area (Å²) >= 11 is 0. The summed E-state index contributed by atoms with van der Waals surface area (Å²) in [5.74, 6) is 0.390. The number of piperidine rings is 1. The first kappa shape index (κ1) is 20.7. The molecule has 154 valence electrons. The van der Waals surface area contributed by atoms with Crippen LogP contribution in [0.1, 0.15) is 18.9 Å². The molecule has 1 aliphatic heterocycles. The number of carbonyl (C=O) groups excluding carboxylic acids is 2. The summed E-state index contributed by atoms with van der Waals surface area (Å²) in [7, 11) is 0. The third kappa shape index (κ3) is 5.08. The number of hydrogen-bond donors (Lipinski definition) is 2. The zero-order valence-electron chi connectivity index (χ0n) is 16.4. The molecule has 2 atom stereocenters. The van der Waals surface area contributed by atoms with Crippen molar-refractivity contribution in [2.75, 3.05) is 25.0 Å². The van der Waals surface area contributed by atoms with Crippen molar-refractivity contribution in [1.29, 1.82) is 0 Å². The standard InChI is InChI=1S/C21H24FN3O4/c1-13-9-15(16-5-7-23-20(10-16)24-14(2)27)3-4-18(13)29-19-6-8-25(11-17(19)22)21(28)12-26/h3-5,7,9-10,17,19,26H,6,8,11-12H2,1-2H3,(H,23,24,27)/t17-,19+/m1/s1. The fraction of sp³-hybridized carbons (Fsp3) is 0.381. The van der Waals surface area contributed by atoms with E-state index in [0.717, 1.165) is 16.7 Å². The lowest BCUT2D eigenvalue weighted by molar-refractivity contribution is -0.138. The van der Waals surface area contributed by atoms with Crippen LogP contribution < -0.4 is 10.1 Å². The Morgan fingerprint density at radius 3 is 2.72 bits per heavy atom. The quantitative estimate of drug-likeness (QED) is 0.802. The Hall–Kier alpha value is -3.00. The van der Waals surface area contributed by atoms with Gasteiger partial charge in [-0.15, -0.1) is 0 Å². The van der Waals surface area contributed by atoms with Gasteiger partial charge in [-0.25, -0.2) is 9.37 Å². The number of halogens is 1. The van der Waals surface area contributed by atoms with Crippen molar-refractivity contribution >= 4 is 17.6 Å². The normalized spacial score (nSPS) is 19.0. The number of aryl methyl sites for hydroxylation is 1. The second kappa shape index (κ2) is 9.00. The number of amides is 2. The molecule has 1 saturated heterocycles. The third-order valence-electron chi connectivity index (χ3n) is 4.82. The van der Waals surface area contributed by atoms with Gasteiger partial charge in [0, 0.05) is 26.1 Å². The lowest BCUT2D eigenvalue weighted by atomic mass is 10.0. The molecular weight excluding hydrogens is 377 g/mol. The summed E-state index contributed by atoms with van der Waals surface area (Å²) in [6, 6.07) is 9.21. The average molecular weight is 401 g/mol. The molecule has 8 heteroatoms. The smallest absolute Gasteiger partial charge is 0.248 e. The maximum atomic E-state index is 14.5. The van der Waals surface area contributed by atoms with Gasteiger partial charge in [0.1, 0.15) is 24.3 Å². The van der Waals surface area contributed by atoms with E-state index in [-0.39, 0.29) is 12.5 Å². The molecule has 0 aliphatic carbocycles. The summed E-state index contributed by atoms with van der Waals surface area (Å²) in [6.07, 6.45) is 0.0157. The second-order valence-electron chi connectivity index (χ2n) is 7.05. The van der Waals surface area contributed by atoms with Crippen molar-refractivity contribution in [3.8, 4) is 16.9 Å². The SMILES string of the molecule is CC(=O)Nc1cc(-c2ccc(O[C@H]3CCN(C(=O)CO)C[C@H]3F)c(C)c2)ccn1. The average Bonchev–Trinajstić information content (AvgIpc) is 2.69. The fourth-order valence-electron chi connectivity index (χ4n) is 3.33.